The molecule has 0 fully saturated rings. The molecule has 100 valence electrons. The minimum Gasteiger partial charge on any atom is -0.392 e. The van der Waals surface area contributed by atoms with Crippen molar-refractivity contribution in [2.75, 3.05) is 6.54 Å². The second-order valence-electron chi connectivity index (χ2n) is 3.97. The van der Waals surface area contributed by atoms with Crippen molar-refractivity contribution in [3.05, 3.63) is 35.9 Å². The van der Waals surface area contributed by atoms with Gasteiger partial charge in [-0.2, -0.15) is 0 Å². The molecular formula is C12H18N2O2S2. The first-order valence-corrected chi connectivity index (χ1v) is 7.74. The first-order chi connectivity index (χ1) is 8.47. The van der Waals surface area contributed by atoms with Gasteiger partial charge in [0.2, 0.25) is 10.0 Å². The van der Waals surface area contributed by atoms with Crippen LogP contribution in [0.3, 0.4) is 0 Å². The summed E-state index contributed by atoms with van der Waals surface area (Å²) in [6, 6.07) is 9.69. The van der Waals surface area contributed by atoms with Crippen molar-refractivity contribution in [1.82, 2.24) is 4.72 Å². The minimum absolute atomic E-state index is 0.0183. The second kappa shape index (κ2) is 6.82. The summed E-state index contributed by atoms with van der Waals surface area (Å²) < 4.78 is 26.4. The van der Waals surface area contributed by atoms with Gasteiger partial charge in [-0.1, -0.05) is 49.5 Å². The largest absolute Gasteiger partial charge is 0.392 e. The SMILES string of the molecule is CCC(C(N)=S)S(=O)(=O)NCCc1ccccc1. The van der Waals surface area contributed by atoms with Gasteiger partial charge in [-0.3, -0.25) is 0 Å². The number of hydrogen-bond acceptors (Lipinski definition) is 3. The molecule has 0 radical (unpaired) electrons. The van der Waals surface area contributed by atoms with E-state index in [2.05, 4.69) is 4.72 Å². The molecule has 0 spiro atoms. The van der Waals surface area contributed by atoms with Crippen LogP contribution in [0.5, 0.6) is 0 Å². The van der Waals surface area contributed by atoms with Crippen LogP contribution in [0, 0.1) is 0 Å². The molecule has 0 aliphatic carbocycles. The Morgan fingerprint density at radius 1 is 1.39 bits per heavy atom. The van der Waals surface area contributed by atoms with Gasteiger partial charge in [0, 0.05) is 6.54 Å². The zero-order chi connectivity index (χ0) is 13.6. The quantitative estimate of drug-likeness (QED) is 0.739. The fourth-order valence-corrected chi connectivity index (χ4v) is 3.54. The Kier molecular flexibility index (Phi) is 5.71. The number of thiocarbonyl (C=S) groups is 1. The van der Waals surface area contributed by atoms with Crippen molar-refractivity contribution < 1.29 is 8.42 Å². The maximum atomic E-state index is 11.9. The summed E-state index contributed by atoms with van der Waals surface area (Å²) in [5.41, 5.74) is 6.52. The fourth-order valence-electron chi connectivity index (χ4n) is 1.66. The lowest BCUT2D eigenvalue weighted by molar-refractivity contribution is 0.574. The van der Waals surface area contributed by atoms with Crippen LogP contribution in [0.25, 0.3) is 0 Å². The first-order valence-electron chi connectivity index (χ1n) is 5.79. The highest BCUT2D eigenvalue weighted by molar-refractivity contribution is 7.93. The average Bonchev–Trinajstić information content (AvgIpc) is 2.30. The van der Waals surface area contributed by atoms with E-state index in [9.17, 15) is 8.42 Å². The van der Waals surface area contributed by atoms with Crippen LogP contribution < -0.4 is 10.5 Å². The molecule has 1 rings (SSSR count). The highest BCUT2D eigenvalue weighted by atomic mass is 32.2. The molecule has 4 nitrogen and oxygen atoms in total. The number of benzene rings is 1. The zero-order valence-corrected chi connectivity index (χ0v) is 11.9. The lowest BCUT2D eigenvalue weighted by Crippen LogP contribution is -2.42. The Balaban J connectivity index is 2.55. The van der Waals surface area contributed by atoms with Crippen molar-refractivity contribution in [2.45, 2.75) is 25.0 Å². The van der Waals surface area contributed by atoms with Crippen LogP contribution in [0.15, 0.2) is 30.3 Å². The molecule has 0 aromatic heterocycles. The van der Waals surface area contributed by atoms with Crippen LogP contribution in [0.1, 0.15) is 18.9 Å². The van der Waals surface area contributed by atoms with Gasteiger partial charge in [0.15, 0.2) is 0 Å². The topological polar surface area (TPSA) is 72.2 Å². The molecule has 3 N–H and O–H groups in total. The van der Waals surface area contributed by atoms with Gasteiger partial charge in [-0.15, -0.1) is 0 Å². The molecule has 18 heavy (non-hydrogen) atoms. The van der Waals surface area contributed by atoms with Gasteiger partial charge < -0.3 is 5.73 Å². The molecule has 1 unspecified atom stereocenters. The standard InChI is InChI=1S/C12H18N2O2S2/c1-2-11(12(13)17)18(15,16)14-9-8-10-6-4-3-5-7-10/h3-7,11,14H,2,8-9H2,1H3,(H2,13,17). The number of hydrogen-bond donors (Lipinski definition) is 2. The van der Waals surface area contributed by atoms with E-state index in [-0.39, 0.29) is 4.99 Å². The number of sulfonamides is 1. The Bertz CT molecular complexity index is 486. The molecule has 0 heterocycles. The number of rotatable bonds is 7. The third kappa shape index (κ3) is 4.36. The maximum Gasteiger partial charge on any atom is 0.221 e. The zero-order valence-electron chi connectivity index (χ0n) is 10.3. The summed E-state index contributed by atoms with van der Waals surface area (Å²) in [5.74, 6) is 0. The molecule has 0 aliphatic heterocycles. The molecule has 0 bridgehead atoms. The fraction of sp³-hybridized carbons (Fsp3) is 0.417. The minimum atomic E-state index is -3.46. The summed E-state index contributed by atoms with van der Waals surface area (Å²) >= 11 is 4.77. The summed E-state index contributed by atoms with van der Waals surface area (Å²) in [4.78, 5) is 0.0183. The molecule has 1 atom stereocenters. The van der Waals surface area contributed by atoms with Crippen molar-refractivity contribution >= 4 is 27.2 Å². The molecular weight excluding hydrogens is 268 g/mol. The first kappa shape index (κ1) is 15.1. The lowest BCUT2D eigenvalue weighted by Gasteiger charge is -2.15. The van der Waals surface area contributed by atoms with E-state index >= 15 is 0 Å². The predicted octanol–water partition coefficient (Wildman–Crippen LogP) is 1.21. The highest BCUT2D eigenvalue weighted by Gasteiger charge is 2.25. The van der Waals surface area contributed by atoms with E-state index in [1.54, 1.807) is 6.92 Å². The Labute approximate surface area is 114 Å². The van der Waals surface area contributed by atoms with Crippen LogP contribution in [0.4, 0.5) is 0 Å². The predicted molar refractivity (Wildman–Crippen MR) is 77.9 cm³/mol. The molecule has 1 aromatic rings. The molecule has 0 aliphatic rings. The van der Waals surface area contributed by atoms with Gasteiger partial charge in [0.25, 0.3) is 0 Å². The van der Waals surface area contributed by atoms with E-state index in [1.807, 2.05) is 30.3 Å². The summed E-state index contributed by atoms with van der Waals surface area (Å²) in [5, 5.41) is -0.789. The third-order valence-corrected chi connectivity index (χ3v) is 5.00. The molecule has 1 aromatic carbocycles. The van der Waals surface area contributed by atoms with Crippen LogP contribution in [0.2, 0.25) is 0 Å². The molecule has 0 saturated heterocycles. The van der Waals surface area contributed by atoms with Gasteiger partial charge in [0.05, 0.1) is 4.99 Å². The summed E-state index contributed by atoms with van der Waals surface area (Å²) in [6.07, 6.45) is 1.03. The summed E-state index contributed by atoms with van der Waals surface area (Å²) in [7, 11) is -3.46. The molecule has 0 saturated carbocycles. The van der Waals surface area contributed by atoms with Crippen molar-refractivity contribution in [1.29, 1.82) is 0 Å². The van der Waals surface area contributed by atoms with Crippen molar-refractivity contribution in [3.63, 3.8) is 0 Å². The monoisotopic (exact) mass is 286 g/mol. The highest BCUT2D eigenvalue weighted by Crippen LogP contribution is 2.05. The van der Waals surface area contributed by atoms with E-state index in [0.717, 1.165) is 5.56 Å². The molecule has 0 amide bonds. The van der Waals surface area contributed by atoms with Gasteiger partial charge in [-0.05, 0) is 18.4 Å². The van der Waals surface area contributed by atoms with Crippen molar-refractivity contribution in [2.24, 2.45) is 5.73 Å². The normalized spacial score (nSPS) is 13.2. The second-order valence-corrected chi connectivity index (χ2v) is 6.39. The van der Waals surface area contributed by atoms with Crippen LogP contribution in [-0.2, 0) is 16.4 Å². The smallest absolute Gasteiger partial charge is 0.221 e. The van der Waals surface area contributed by atoms with Crippen LogP contribution in [-0.4, -0.2) is 25.2 Å². The average molecular weight is 286 g/mol. The van der Waals surface area contributed by atoms with E-state index in [4.69, 9.17) is 18.0 Å². The Morgan fingerprint density at radius 2 is 2.00 bits per heavy atom. The van der Waals surface area contributed by atoms with E-state index in [0.29, 0.717) is 19.4 Å². The van der Waals surface area contributed by atoms with E-state index in [1.165, 1.54) is 0 Å². The maximum absolute atomic E-state index is 11.9. The van der Waals surface area contributed by atoms with Gasteiger partial charge in [0.1, 0.15) is 5.25 Å². The number of nitrogens with two attached hydrogens (primary N) is 1. The third-order valence-electron chi connectivity index (χ3n) is 2.62. The van der Waals surface area contributed by atoms with Gasteiger partial charge in [-0.25, -0.2) is 13.1 Å². The Morgan fingerprint density at radius 3 is 2.50 bits per heavy atom. The Hall–Kier alpha value is -0.980. The van der Waals surface area contributed by atoms with E-state index < -0.39 is 15.3 Å². The summed E-state index contributed by atoms with van der Waals surface area (Å²) in [6.45, 7) is 2.10. The number of nitrogens with one attached hydrogen (secondary N) is 1. The van der Waals surface area contributed by atoms with Crippen molar-refractivity contribution in [3.8, 4) is 0 Å². The van der Waals surface area contributed by atoms with Gasteiger partial charge >= 0.3 is 0 Å². The van der Waals surface area contributed by atoms with Crippen LogP contribution >= 0.6 is 12.2 Å². The lowest BCUT2D eigenvalue weighted by atomic mass is 10.2. The molecule has 6 heteroatoms.